The lowest BCUT2D eigenvalue weighted by Crippen LogP contribution is -2.12. The van der Waals surface area contributed by atoms with Crippen LogP contribution in [0.2, 0.25) is 0 Å². The van der Waals surface area contributed by atoms with Crippen LogP contribution >= 0.6 is 0 Å². The summed E-state index contributed by atoms with van der Waals surface area (Å²) in [5.74, 6) is 0. The van der Waals surface area contributed by atoms with Crippen molar-refractivity contribution in [2.75, 3.05) is 0 Å². The Morgan fingerprint density at radius 2 is 1.29 bits per heavy atom. The second-order valence-electron chi connectivity index (χ2n) is 7.59. The molecule has 0 N–H and O–H groups in total. The third kappa shape index (κ3) is 6.12. The Kier molecular flexibility index (Phi) is 5.71. The fourth-order valence-corrected chi connectivity index (χ4v) is 1.85. The molecule has 0 unspecified atom stereocenters. The van der Waals surface area contributed by atoms with Gasteiger partial charge in [0.1, 0.15) is 0 Å². The van der Waals surface area contributed by atoms with Crippen LogP contribution in [0.3, 0.4) is 0 Å². The summed E-state index contributed by atoms with van der Waals surface area (Å²) in [6.45, 7) is 15.2. The van der Waals surface area contributed by atoms with E-state index in [0.717, 1.165) is 5.69 Å². The highest BCUT2D eigenvalue weighted by Crippen LogP contribution is 2.20. The van der Waals surface area contributed by atoms with Gasteiger partial charge < -0.3 is 0 Å². The van der Waals surface area contributed by atoms with Crippen LogP contribution in [0, 0.1) is 6.92 Å². The van der Waals surface area contributed by atoms with Gasteiger partial charge in [-0.25, -0.2) is 0 Å². The number of nitrogens with zero attached hydrogens (tertiary/aromatic N) is 1. The van der Waals surface area contributed by atoms with E-state index < -0.39 is 0 Å². The molecule has 0 radical (unpaired) electrons. The summed E-state index contributed by atoms with van der Waals surface area (Å²) in [7, 11) is 0. The first kappa shape index (κ1) is 17.4. The van der Waals surface area contributed by atoms with E-state index in [-0.39, 0.29) is 5.41 Å². The number of aryl methyl sites for hydroxylation is 1. The van der Waals surface area contributed by atoms with E-state index in [1.54, 1.807) is 0 Å². The van der Waals surface area contributed by atoms with Gasteiger partial charge >= 0.3 is 0 Å². The van der Waals surface area contributed by atoms with Crippen molar-refractivity contribution in [3.8, 4) is 0 Å². The number of benzene rings is 1. The highest BCUT2D eigenvalue weighted by Gasteiger charge is 2.14. The first-order valence-electron chi connectivity index (χ1n) is 7.59. The van der Waals surface area contributed by atoms with Crippen molar-refractivity contribution in [3.63, 3.8) is 0 Å². The number of hydrogen-bond acceptors (Lipinski definition) is 1. The van der Waals surface area contributed by atoms with Crippen LogP contribution in [-0.4, -0.2) is 4.98 Å². The van der Waals surface area contributed by atoms with Crippen LogP contribution < -0.4 is 0 Å². The molecule has 0 aliphatic carbocycles. The van der Waals surface area contributed by atoms with E-state index in [2.05, 4.69) is 95.9 Å². The van der Waals surface area contributed by atoms with Crippen molar-refractivity contribution >= 4 is 0 Å². The average molecular weight is 283 g/mol. The van der Waals surface area contributed by atoms with E-state index in [9.17, 15) is 0 Å². The molecule has 0 aliphatic rings. The van der Waals surface area contributed by atoms with Gasteiger partial charge in [0.05, 0.1) is 0 Å². The predicted molar refractivity (Wildman–Crippen MR) is 92.8 cm³/mol. The molecule has 21 heavy (non-hydrogen) atoms. The molecule has 1 nitrogen and oxygen atoms in total. The Hall–Kier alpha value is -1.63. The number of pyridine rings is 1. The van der Waals surface area contributed by atoms with Gasteiger partial charge in [-0.3, -0.25) is 4.98 Å². The van der Waals surface area contributed by atoms with E-state index in [4.69, 9.17) is 0 Å². The van der Waals surface area contributed by atoms with Gasteiger partial charge in [-0.05, 0) is 29.5 Å². The largest absolute Gasteiger partial charge is 0.260 e. The minimum absolute atomic E-state index is 0.174. The third-order valence-corrected chi connectivity index (χ3v) is 3.32. The Bertz CT molecular complexity index is 525. The molecular formula is C20H29N. The summed E-state index contributed by atoms with van der Waals surface area (Å²) in [4.78, 5) is 4.35. The lowest BCUT2D eigenvalue weighted by atomic mass is 9.87. The SMILES string of the molecule is CC(C)(C)c1ccccc1.Cc1ccc(C(C)(C)C)nc1. The number of rotatable bonds is 0. The first-order valence-corrected chi connectivity index (χ1v) is 7.59. The minimum atomic E-state index is 0.174. The molecule has 2 aromatic rings. The fourth-order valence-electron chi connectivity index (χ4n) is 1.85. The van der Waals surface area contributed by atoms with Gasteiger partial charge in [-0.1, -0.05) is 77.9 Å². The molecule has 0 saturated heterocycles. The molecule has 0 aliphatic heterocycles. The van der Waals surface area contributed by atoms with Crippen molar-refractivity contribution in [2.24, 2.45) is 0 Å². The van der Waals surface area contributed by atoms with Crippen molar-refractivity contribution in [2.45, 2.75) is 59.3 Å². The summed E-state index contributed by atoms with van der Waals surface area (Å²) in [5.41, 5.74) is 4.24. The molecule has 1 aromatic carbocycles. The Labute approximate surface area is 130 Å². The van der Waals surface area contributed by atoms with E-state index in [1.165, 1.54) is 11.1 Å². The molecule has 0 bridgehead atoms. The van der Waals surface area contributed by atoms with Gasteiger partial charge in [0.15, 0.2) is 0 Å². The molecule has 2 rings (SSSR count). The van der Waals surface area contributed by atoms with Crippen LogP contribution in [0.15, 0.2) is 48.7 Å². The summed E-state index contributed by atoms with van der Waals surface area (Å²) in [6, 6.07) is 14.7. The van der Waals surface area contributed by atoms with E-state index in [1.807, 2.05) is 6.20 Å². The molecule has 0 spiro atoms. The lowest BCUT2D eigenvalue weighted by molar-refractivity contribution is 0.568. The van der Waals surface area contributed by atoms with Crippen molar-refractivity contribution in [3.05, 3.63) is 65.5 Å². The van der Waals surface area contributed by atoms with Crippen molar-refractivity contribution in [1.29, 1.82) is 0 Å². The van der Waals surface area contributed by atoms with E-state index >= 15 is 0 Å². The zero-order valence-electron chi connectivity index (χ0n) is 14.6. The standard InChI is InChI=1S/C10H15N.C10H14/c1-8-5-6-9(11-7-8)10(2,3)4;1-10(2,3)9-7-5-4-6-8-9/h5-7H,1-4H3;4-8H,1-3H3. The summed E-state index contributed by atoms with van der Waals surface area (Å²) < 4.78 is 0. The Balaban J connectivity index is 0.000000211. The Morgan fingerprint density at radius 3 is 1.62 bits per heavy atom. The zero-order valence-corrected chi connectivity index (χ0v) is 14.6. The van der Waals surface area contributed by atoms with Gasteiger partial charge in [-0.2, -0.15) is 0 Å². The van der Waals surface area contributed by atoms with Crippen molar-refractivity contribution in [1.82, 2.24) is 4.98 Å². The molecule has 0 saturated carbocycles. The fraction of sp³-hybridized carbons (Fsp3) is 0.450. The van der Waals surface area contributed by atoms with Gasteiger partial charge in [0.25, 0.3) is 0 Å². The molecule has 0 fully saturated rings. The third-order valence-electron chi connectivity index (χ3n) is 3.32. The molecule has 1 aromatic heterocycles. The van der Waals surface area contributed by atoms with Crippen LogP contribution in [0.5, 0.6) is 0 Å². The maximum absolute atomic E-state index is 4.35. The predicted octanol–water partition coefficient (Wildman–Crippen LogP) is 5.67. The molecule has 0 amide bonds. The molecule has 114 valence electrons. The maximum Gasteiger partial charge on any atom is 0.0457 e. The Morgan fingerprint density at radius 1 is 0.714 bits per heavy atom. The number of aromatic nitrogens is 1. The van der Waals surface area contributed by atoms with Crippen molar-refractivity contribution < 1.29 is 0 Å². The first-order chi connectivity index (χ1) is 9.60. The van der Waals surface area contributed by atoms with Gasteiger partial charge in [0, 0.05) is 17.3 Å². The lowest BCUT2D eigenvalue weighted by Gasteiger charge is -2.18. The molecular weight excluding hydrogens is 254 g/mol. The van der Waals surface area contributed by atoms with Crippen LogP contribution in [-0.2, 0) is 10.8 Å². The van der Waals surface area contributed by atoms with E-state index in [0.29, 0.717) is 5.41 Å². The summed E-state index contributed by atoms with van der Waals surface area (Å²) in [5, 5.41) is 0. The monoisotopic (exact) mass is 283 g/mol. The zero-order chi connectivity index (χ0) is 16.1. The van der Waals surface area contributed by atoms with Crippen LogP contribution in [0.1, 0.15) is 58.4 Å². The normalized spacial score (nSPS) is 11.6. The van der Waals surface area contributed by atoms with Crippen LogP contribution in [0.25, 0.3) is 0 Å². The summed E-state index contributed by atoms with van der Waals surface area (Å²) in [6.07, 6.45) is 1.92. The molecule has 1 heterocycles. The average Bonchev–Trinajstić information content (AvgIpc) is 2.39. The second-order valence-corrected chi connectivity index (χ2v) is 7.59. The molecule has 1 heteroatoms. The summed E-state index contributed by atoms with van der Waals surface area (Å²) >= 11 is 0. The highest BCUT2D eigenvalue weighted by atomic mass is 14.7. The quantitative estimate of drug-likeness (QED) is 0.607. The number of hydrogen-bond donors (Lipinski definition) is 0. The second kappa shape index (κ2) is 6.89. The topological polar surface area (TPSA) is 12.9 Å². The smallest absolute Gasteiger partial charge is 0.0457 e. The highest BCUT2D eigenvalue weighted by molar-refractivity contribution is 5.22. The van der Waals surface area contributed by atoms with Gasteiger partial charge in [0.2, 0.25) is 0 Å². The molecule has 0 atom stereocenters. The van der Waals surface area contributed by atoms with Crippen LogP contribution in [0.4, 0.5) is 0 Å². The van der Waals surface area contributed by atoms with Gasteiger partial charge in [-0.15, -0.1) is 0 Å². The maximum atomic E-state index is 4.35. The minimum Gasteiger partial charge on any atom is -0.260 e.